The summed E-state index contributed by atoms with van der Waals surface area (Å²) in [5, 5.41) is 73.4. The fourth-order valence-electron chi connectivity index (χ4n) is 14.2. The molecule has 848 valence electrons. The van der Waals surface area contributed by atoms with Crippen molar-refractivity contribution in [3.05, 3.63) is 0 Å². The van der Waals surface area contributed by atoms with Crippen LogP contribution in [0.1, 0.15) is 162 Å². The van der Waals surface area contributed by atoms with Gasteiger partial charge in [-0.05, 0) is 109 Å². The second-order valence-electron chi connectivity index (χ2n) is 35.9. The van der Waals surface area contributed by atoms with E-state index in [1.807, 2.05) is 27.7 Å². The van der Waals surface area contributed by atoms with Crippen molar-refractivity contribution in [3.8, 4) is 0 Å². The van der Waals surface area contributed by atoms with Crippen molar-refractivity contribution in [2.75, 3.05) is 282 Å². The van der Waals surface area contributed by atoms with Gasteiger partial charge in [0.05, 0.1) is 131 Å². The van der Waals surface area contributed by atoms with Gasteiger partial charge in [-0.15, -0.1) is 0 Å². The monoisotopic (exact) mass is 2250 g/mol. The van der Waals surface area contributed by atoms with Gasteiger partial charge in [-0.3, -0.25) is 174 Å². The molecule has 0 aliphatic carbocycles. The molecule has 0 bridgehead atoms. The average Bonchev–Trinajstić information content (AvgIpc) is 0.918. The summed E-state index contributed by atoms with van der Waals surface area (Å²) in [5.41, 5.74) is 0. The number of nitrogens with zero attached hydrogens (tertiary/aromatic N) is 12. The summed E-state index contributed by atoms with van der Waals surface area (Å²) in [7, 11) is 13.1. The normalized spacial score (nSPS) is 12.2. The molecular formula is C96H164N12O32S8. The SMILES string of the molecule is CCSSCC(CCC(=O)CN(CCN(CCN(CC(C)=O)CC(=O)O)CC(=O)O)CC(C)=O)C(C)=O.CCSSCC(CCC(=O)CN(CCN(CCN(CC(C)=O)CC(=O)O)CC(=O)O)CC(C)=O)C(C)=O.CCSSCC(CCC(=O)CN(CCN(CCN(CC(C)=O)CC(=O)O)CC(=O)O)CC(C)=O)C(C)=O.CCSSCC(CCC(=O)CN(CCN(CCN(CC(C)=O)CC(=O)O)CC(=O)O)CC(C)=O)C(C)=O. The lowest BCUT2D eigenvalue weighted by Gasteiger charge is -2.28. The van der Waals surface area contributed by atoms with Crippen LogP contribution in [0.5, 0.6) is 0 Å². The zero-order chi connectivity index (χ0) is 114. The molecule has 0 rings (SSSR count). The van der Waals surface area contributed by atoms with Crippen LogP contribution in [-0.4, -0.2) is 522 Å². The Balaban J connectivity index is -0.000000934. The molecule has 0 aromatic heterocycles. The van der Waals surface area contributed by atoms with Crippen LogP contribution in [0.3, 0.4) is 0 Å². The maximum absolute atomic E-state index is 12.7. The van der Waals surface area contributed by atoms with Crippen molar-refractivity contribution in [3.63, 3.8) is 0 Å². The summed E-state index contributed by atoms with van der Waals surface area (Å²) in [6, 6.07) is 0. The molecule has 8 N–H and O–H groups in total. The summed E-state index contributed by atoms with van der Waals surface area (Å²) < 4.78 is 0. The van der Waals surface area contributed by atoms with Crippen molar-refractivity contribution in [1.29, 1.82) is 0 Å². The maximum Gasteiger partial charge on any atom is 0.317 e. The minimum absolute atomic E-state index is 0.0114. The Labute approximate surface area is 902 Å². The van der Waals surface area contributed by atoms with Gasteiger partial charge < -0.3 is 40.9 Å². The van der Waals surface area contributed by atoms with Crippen molar-refractivity contribution in [2.24, 2.45) is 23.7 Å². The van der Waals surface area contributed by atoms with E-state index >= 15 is 0 Å². The largest absolute Gasteiger partial charge is 0.480 e. The molecule has 0 amide bonds. The molecule has 0 aliphatic rings. The van der Waals surface area contributed by atoms with E-state index in [0.29, 0.717) is 48.7 Å². The van der Waals surface area contributed by atoms with Gasteiger partial charge in [0.1, 0.15) is 92.5 Å². The van der Waals surface area contributed by atoms with E-state index < -0.39 is 47.8 Å². The standard InChI is InChI=1S/4C24H41N3O8S2/c4*1-5-36-37-17-21(20(4)30)6-7-22(31)14-26(12-18(2)28)10-8-25(15-23(32)33)9-11-27(13-19(3)29)16-24(34)35/h4*21H,5-17H2,1-4H3,(H,32,33)(H,34,35). The highest BCUT2D eigenvalue weighted by Gasteiger charge is 2.29. The topological polar surface area (TPSA) is 610 Å². The molecule has 0 aliphatic heterocycles. The average molecular weight is 2250 g/mol. The van der Waals surface area contributed by atoms with E-state index in [-0.39, 0.29) is 377 Å². The van der Waals surface area contributed by atoms with Crippen LogP contribution in [0, 0.1) is 23.7 Å². The Bertz CT molecular complexity index is 3560. The summed E-state index contributed by atoms with van der Waals surface area (Å²) >= 11 is 0. The molecule has 52 heteroatoms. The molecule has 4 unspecified atom stereocenters. The number of ketones is 16. The van der Waals surface area contributed by atoms with Gasteiger partial charge in [0, 0.05) is 200 Å². The van der Waals surface area contributed by atoms with Gasteiger partial charge in [-0.2, -0.15) is 0 Å². The Hall–Kier alpha value is -7.20. The first-order chi connectivity index (χ1) is 69.3. The predicted molar refractivity (Wildman–Crippen MR) is 580 cm³/mol. The summed E-state index contributed by atoms with van der Waals surface area (Å²) in [6.07, 6.45) is 2.63. The number of carbonyl (C=O) groups excluding carboxylic acids is 16. The molecule has 0 aromatic rings. The van der Waals surface area contributed by atoms with Crippen molar-refractivity contribution >= 4 is 227 Å². The zero-order valence-corrected chi connectivity index (χ0v) is 95.6. The van der Waals surface area contributed by atoms with Crippen molar-refractivity contribution in [1.82, 2.24) is 58.8 Å². The van der Waals surface area contributed by atoms with E-state index in [9.17, 15) is 135 Å². The van der Waals surface area contributed by atoms with E-state index in [1.165, 1.54) is 103 Å². The third-order valence-corrected chi connectivity index (χ3v) is 31.4. The number of carbonyl (C=O) groups is 24. The van der Waals surface area contributed by atoms with Gasteiger partial charge in [0.15, 0.2) is 0 Å². The summed E-state index contributed by atoms with van der Waals surface area (Å²) in [5.74, 6) is -4.73. The fourth-order valence-corrected chi connectivity index (χ4v) is 22.7. The smallest absolute Gasteiger partial charge is 0.317 e. The number of hydrogen-bond donors (Lipinski definition) is 8. The van der Waals surface area contributed by atoms with E-state index in [1.54, 1.807) is 126 Å². The molecule has 148 heavy (non-hydrogen) atoms. The molecule has 0 saturated carbocycles. The van der Waals surface area contributed by atoms with Crippen LogP contribution >= 0.6 is 86.4 Å². The van der Waals surface area contributed by atoms with Crippen LogP contribution in [0.15, 0.2) is 0 Å². The van der Waals surface area contributed by atoms with Crippen LogP contribution in [-0.2, 0) is 115 Å². The van der Waals surface area contributed by atoms with Crippen molar-refractivity contribution < 1.29 is 156 Å². The van der Waals surface area contributed by atoms with Crippen LogP contribution in [0.4, 0.5) is 0 Å². The Morgan fingerprint density at radius 2 is 0.284 bits per heavy atom. The Morgan fingerprint density at radius 1 is 0.169 bits per heavy atom. The highest BCUT2D eigenvalue weighted by Crippen LogP contribution is 2.30. The van der Waals surface area contributed by atoms with E-state index in [2.05, 4.69) is 0 Å². The van der Waals surface area contributed by atoms with E-state index in [4.69, 9.17) is 20.4 Å². The first kappa shape index (κ1) is 147. The molecule has 0 radical (unpaired) electrons. The van der Waals surface area contributed by atoms with Crippen LogP contribution < -0.4 is 0 Å². The number of carboxylic acid groups (broad SMARTS) is 8. The fraction of sp³-hybridized carbons (Fsp3) is 0.750. The first-order valence-corrected chi connectivity index (χ1v) is 58.7. The van der Waals surface area contributed by atoms with Crippen LogP contribution in [0.25, 0.3) is 0 Å². The second-order valence-corrected chi connectivity index (χ2v) is 47.0. The first-order valence-electron chi connectivity index (χ1n) is 48.8. The van der Waals surface area contributed by atoms with E-state index in [0.717, 1.165) is 23.0 Å². The Morgan fingerprint density at radius 3 is 0.392 bits per heavy atom. The number of hydrogen-bond acceptors (Lipinski definition) is 44. The summed E-state index contributed by atoms with van der Waals surface area (Å²) in [4.78, 5) is 300. The molecule has 4 atom stereocenters. The van der Waals surface area contributed by atoms with Crippen LogP contribution in [0.2, 0.25) is 0 Å². The van der Waals surface area contributed by atoms with Gasteiger partial charge in [0.25, 0.3) is 0 Å². The lowest BCUT2D eigenvalue weighted by Crippen LogP contribution is -2.45. The number of aliphatic carboxylic acids is 8. The third kappa shape index (κ3) is 92.5. The maximum atomic E-state index is 12.7. The molecular weight excluding hydrogens is 2090 g/mol. The number of carboxylic acids is 8. The second kappa shape index (κ2) is 90.2. The quantitative estimate of drug-likeness (QED) is 0.0300. The highest BCUT2D eigenvalue weighted by molar-refractivity contribution is 8.77. The van der Waals surface area contributed by atoms with Gasteiger partial charge in [0.2, 0.25) is 0 Å². The third-order valence-electron chi connectivity index (χ3n) is 21.2. The van der Waals surface area contributed by atoms with Crippen molar-refractivity contribution in [2.45, 2.75) is 162 Å². The molecule has 44 nitrogen and oxygen atoms in total. The molecule has 0 saturated heterocycles. The predicted octanol–water partition coefficient (Wildman–Crippen LogP) is 4.78. The van der Waals surface area contributed by atoms with Gasteiger partial charge in [-0.25, -0.2) is 0 Å². The number of rotatable bonds is 96. The van der Waals surface area contributed by atoms with Gasteiger partial charge >= 0.3 is 47.8 Å². The Kier molecular flexibility index (Phi) is 89.6. The minimum Gasteiger partial charge on any atom is -0.480 e. The minimum atomic E-state index is -1.09. The lowest BCUT2D eigenvalue weighted by molar-refractivity contribution is -0.140. The molecule has 0 aromatic carbocycles. The molecule has 0 fully saturated rings. The zero-order valence-electron chi connectivity index (χ0n) is 89.1. The molecule has 0 spiro atoms. The highest BCUT2D eigenvalue weighted by atomic mass is 33.1. The number of Topliss-reactive ketones (excluding diaryl/α,β-unsaturated/α-hetero) is 16. The lowest BCUT2D eigenvalue weighted by atomic mass is 9.99. The summed E-state index contributed by atoms with van der Waals surface area (Å²) in [6.45, 7) is 26.0. The van der Waals surface area contributed by atoms with Gasteiger partial charge in [-0.1, -0.05) is 114 Å². The molecule has 0 heterocycles.